The Morgan fingerprint density at radius 3 is 2.32 bits per heavy atom. The van der Waals surface area contributed by atoms with E-state index in [1.54, 1.807) is 20.8 Å². The van der Waals surface area contributed by atoms with Crippen LogP contribution in [0, 0.1) is 11.3 Å². The van der Waals surface area contributed by atoms with E-state index in [-0.39, 0.29) is 36.5 Å². The second kappa shape index (κ2) is 8.67. The Hall–Kier alpha value is -1.84. The van der Waals surface area contributed by atoms with Gasteiger partial charge in [-0.3, -0.25) is 4.79 Å². The second-order valence-corrected chi connectivity index (χ2v) is 10.3. The highest BCUT2D eigenvalue weighted by atomic mass is 32.2. The Kier molecular flexibility index (Phi) is 6.95. The van der Waals surface area contributed by atoms with Crippen LogP contribution in [0.25, 0.3) is 0 Å². The third kappa shape index (κ3) is 4.95. The molecule has 1 spiro atoms. The Morgan fingerprint density at radius 2 is 1.82 bits per heavy atom. The van der Waals surface area contributed by atoms with E-state index in [9.17, 15) is 22.8 Å². The van der Waals surface area contributed by atoms with Gasteiger partial charge in [-0.1, -0.05) is 13.8 Å². The van der Waals surface area contributed by atoms with Crippen molar-refractivity contribution in [3.8, 4) is 0 Å². The summed E-state index contributed by atoms with van der Waals surface area (Å²) in [5.41, 5.74) is -0.425. The number of hydrogen-bond acceptors (Lipinski definition) is 7. The van der Waals surface area contributed by atoms with E-state index >= 15 is 0 Å². The first-order valence-electron chi connectivity index (χ1n) is 9.56. The second-order valence-electron chi connectivity index (χ2n) is 7.95. The summed E-state index contributed by atoms with van der Waals surface area (Å²) in [6.07, 6.45) is 0.464. The van der Waals surface area contributed by atoms with E-state index in [0.717, 1.165) is 0 Å². The number of methoxy groups -OCH3 is 1. The van der Waals surface area contributed by atoms with Crippen molar-refractivity contribution in [2.75, 3.05) is 31.8 Å². The average Bonchev–Trinajstić information content (AvgIpc) is 3.02. The molecule has 160 valence electrons. The summed E-state index contributed by atoms with van der Waals surface area (Å²) in [7, 11) is -1.86. The SMILES string of the molecule is CCOC(=O)C1CC2(CCS(=O)(=O)CC2)CN1C(=O)C(NC(=O)OC)C(C)C. The maximum absolute atomic E-state index is 13.2. The number of esters is 1. The van der Waals surface area contributed by atoms with Crippen molar-refractivity contribution < 1.29 is 32.3 Å². The van der Waals surface area contributed by atoms with Gasteiger partial charge < -0.3 is 19.7 Å². The Morgan fingerprint density at radius 1 is 1.21 bits per heavy atom. The zero-order valence-electron chi connectivity index (χ0n) is 16.9. The van der Waals surface area contributed by atoms with E-state index in [2.05, 4.69) is 10.1 Å². The fourth-order valence-electron chi connectivity index (χ4n) is 3.95. The fraction of sp³-hybridized carbons (Fsp3) is 0.833. The molecule has 0 aromatic carbocycles. The lowest BCUT2D eigenvalue weighted by Gasteiger charge is -2.33. The molecular formula is C18H30N2O7S. The highest BCUT2D eigenvalue weighted by Crippen LogP contribution is 2.44. The van der Waals surface area contributed by atoms with Gasteiger partial charge >= 0.3 is 12.1 Å². The Balaban J connectivity index is 2.28. The number of ether oxygens (including phenoxy) is 2. The number of carbonyl (C=O) groups excluding carboxylic acids is 3. The summed E-state index contributed by atoms with van der Waals surface area (Å²) in [6, 6.07) is -1.64. The lowest BCUT2D eigenvalue weighted by atomic mass is 9.80. The molecule has 1 N–H and O–H groups in total. The number of carbonyl (C=O) groups is 3. The number of alkyl carbamates (subject to hydrolysis) is 1. The fourth-order valence-corrected chi connectivity index (χ4v) is 5.64. The van der Waals surface area contributed by atoms with E-state index in [1.165, 1.54) is 12.0 Å². The summed E-state index contributed by atoms with van der Waals surface area (Å²) in [5.74, 6) is -1.000. The topological polar surface area (TPSA) is 119 Å². The Bertz CT molecular complexity index is 705. The van der Waals surface area contributed by atoms with E-state index in [0.29, 0.717) is 19.3 Å². The van der Waals surface area contributed by atoms with Gasteiger partial charge in [-0.25, -0.2) is 18.0 Å². The molecular weight excluding hydrogens is 388 g/mol. The molecule has 9 nitrogen and oxygen atoms in total. The predicted octanol–water partition coefficient (Wildman–Crippen LogP) is 0.726. The molecule has 2 atom stereocenters. The molecule has 2 fully saturated rings. The van der Waals surface area contributed by atoms with Crippen molar-refractivity contribution in [1.29, 1.82) is 0 Å². The van der Waals surface area contributed by atoms with Gasteiger partial charge in [0.1, 0.15) is 21.9 Å². The van der Waals surface area contributed by atoms with Gasteiger partial charge in [-0.15, -0.1) is 0 Å². The van der Waals surface area contributed by atoms with Gasteiger partial charge in [0.15, 0.2) is 0 Å². The van der Waals surface area contributed by atoms with Crippen LogP contribution >= 0.6 is 0 Å². The largest absolute Gasteiger partial charge is 0.464 e. The van der Waals surface area contributed by atoms with Crippen LogP contribution in [0.1, 0.15) is 40.0 Å². The lowest BCUT2D eigenvalue weighted by Crippen LogP contribution is -2.54. The molecule has 2 rings (SSSR count). The molecule has 0 bridgehead atoms. The Labute approximate surface area is 166 Å². The number of likely N-dealkylation sites (tertiary alicyclic amines) is 1. The molecule has 0 aromatic rings. The molecule has 0 saturated carbocycles. The van der Waals surface area contributed by atoms with Crippen molar-refractivity contribution in [2.45, 2.75) is 52.1 Å². The monoisotopic (exact) mass is 418 g/mol. The van der Waals surface area contributed by atoms with Gasteiger partial charge in [-0.2, -0.15) is 0 Å². The van der Waals surface area contributed by atoms with Crippen LogP contribution in [0.4, 0.5) is 4.79 Å². The summed E-state index contributed by atoms with van der Waals surface area (Å²) in [6.45, 7) is 5.73. The molecule has 2 saturated heterocycles. The number of nitrogens with one attached hydrogen (secondary N) is 1. The quantitative estimate of drug-likeness (QED) is 0.654. The maximum Gasteiger partial charge on any atom is 0.407 e. The number of hydrogen-bond donors (Lipinski definition) is 1. The van der Waals surface area contributed by atoms with E-state index in [4.69, 9.17) is 4.74 Å². The molecule has 2 aliphatic heterocycles. The van der Waals surface area contributed by atoms with Crippen LogP contribution in [0.15, 0.2) is 0 Å². The van der Waals surface area contributed by atoms with Crippen LogP contribution in [-0.2, 0) is 28.9 Å². The highest BCUT2D eigenvalue weighted by Gasteiger charge is 2.52. The van der Waals surface area contributed by atoms with Crippen LogP contribution in [-0.4, -0.2) is 75.1 Å². The first-order chi connectivity index (χ1) is 13.0. The normalized spacial score (nSPS) is 24.0. The zero-order valence-corrected chi connectivity index (χ0v) is 17.7. The van der Waals surface area contributed by atoms with Crippen molar-refractivity contribution in [2.24, 2.45) is 11.3 Å². The molecule has 10 heteroatoms. The van der Waals surface area contributed by atoms with Crippen LogP contribution in [0.5, 0.6) is 0 Å². The van der Waals surface area contributed by atoms with Gasteiger partial charge in [0, 0.05) is 6.54 Å². The molecule has 2 heterocycles. The minimum Gasteiger partial charge on any atom is -0.464 e. The van der Waals surface area contributed by atoms with Gasteiger partial charge in [-0.05, 0) is 37.5 Å². The molecule has 2 aliphatic rings. The van der Waals surface area contributed by atoms with Crippen molar-refractivity contribution in [3.63, 3.8) is 0 Å². The molecule has 2 unspecified atom stereocenters. The number of nitrogens with zero attached hydrogens (tertiary/aromatic N) is 1. The van der Waals surface area contributed by atoms with E-state index in [1.807, 2.05) is 0 Å². The highest BCUT2D eigenvalue weighted by molar-refractivity contribution is 7.91. The third-order valence-electron chi connectivity index (χ3n) is 5.63. The van der Waals surface area contributed by atoms with E-state index < -0.39 is 39.4 Å². The molecule has 0 aliphatic carbocycles. The van der Waals surface area contributed by atoms with Gasteiger partial charge in [0.25, 0.3) is 0 Å². The first kappa shape index (κ1) is 22.4. The summed E-state index contributed by atoms with van der Waals surface area (Å²) >= 11 is 0. The summed E-state index contributed by atoms with van der Waals surface area (Å²) < 4.78 is 33.5. The van der Waals surface area contributed by atoms with Crippen LogP contribution < -0.4 is 5.32 Å². The molecule has 2 amide bonds. The first-order valence-corrected chi connectivity index (χ1v) is 11.4. The minimum absolute atomic E-state index is 0.0542. The summed E-state index contributed by atoms with van der Waals surface area (Å²) in [4.78, 5) is 38.9. The third-order valence-corrected chi connectivity index (χ3v) is 7.28. The average molecular weight is 419 g/mol. The van der Waals surface area contributed by atoms with Gasteiger partial charge in [0.2, 0.25) is 5.91 Å². The number of rotatable bonds is 5. The van der Waals surface area contributed by atoms with Crippen molar-refractivity contribution in [3.05, 3.63) is 0 Å². The molecule has 0 aromatic heterocycles. The van der Waals surface area contributed by atoms with Gasteiger partial charge in [0.05, 0.1) is 25.2 Å². The smallest absolute Gasteiger partial charge is 0.407 e. The number of amides is 2. The summed E-state index contributed by atoms with van der Waals surface area (Å²) in [5, 5.41) is 2.54. The molecule has 28 heavy (non-hydrogen) atoms. The minimum atomic E-state index is -3.07. The number of sulfone groups is 1. The predicted molar refractivity (Wildman–Crippen MR) is 101 cm³/mol. The van der Waals surface area contributed by atoms with Crippen LogP contribution in [0.3, 0.4) is 0 Å². The lowest BCUT2D eigenvalue weighted by molar-refractivity contribution is -0.153. The zero-order chi connectivity index (χ0) is 21.1. The van der Waals surface area contributed by atoms with Crippen molar-refractivity contribution >= 4 is 27.8 Å². The standard InChI is InChI=1S/C18H30N2O7S/c1-5-27-16(22)13-10-18(6-8-28(24,25)9-7-18)11-20(13)15(21)14(12(2)3)19-17(23)26-4/h12-14H,5-11H2,1-4H3,(H,19,23). The maximum atomic E-state index is 13.2. The van der Waals surface area contributed by atoms with Crippen LogP contribution in [0.2, 0.25) is 0 Å². The molecule has 0 radical (unpaired) electrons. The van der Waals surface area contributed by atoms with Crippen molar-refractivity contribution in [1.82, 2.24) is 10.2 Å².